The highest BCUT2D eigenvalue weighted by Crippen LogP contribution is 2.28. The summed E-state index contributed by atoms with van der Waals surface area (Å²) in [6.45, 7) is 4.87. The molecule has 2 aliphatic rings. The summed E-state index contributed by atoms with van der Waals surface area (Å²) < 4.78 is 0. The van der Waals surface area contributed by atoms with Crippen molar-refractivity contribution < 1.29 is 0 Å². The van der Waals surface area contributed by atoms with Gasteiger partial charge in [-0.25, -0.2) is 0 Å². The Labute approximate surface area is 171 Å². The molecule has 1 aliphatic heterocycles. The van der Waals surface area contributed by atoms with E-state index in [-0.39, 0.29) is 0 Å². The number of rotatable bonds is 5. The minimum Gasteiger partial charge on any atom is -0.298 e. The molecule has 150 valence electrons. The van der Waals surface area contributed by atoms with Crippen LogP contribution >= 0.6 is 0 Å². The molecule has 0 N–H and O–H groups in total. The van der Waals surface area contributed by atoms with Crippen molar-refractivity contribution in [1.29, 1.82) is 0 Å². The summed E-state index contributed by atoms with van der Waals surface area (Å²) in [5, 5.41) is 0. The van der Waals surface area contributed by atoms with Crippen LogP contribution in [0.5, 0.6) is 0 Å². The predicted molar refractivity (Wildman–Crippen MR) is 119 cm³/mol. The molecule has 1 atom stereocenters. The van der Waals surface area contributed by atoms with Crippen molar-refractivity contribution in [2.45, 2.75) is 63.5 Å². The molecule has 0 aromatic heterocycles. The Balaban J connectivity index is 1.41. The van der Waals surface area contributed by atoms with E-state index < -0.39 is 0 Å². The van der Waals surface area contributed by atoms with Gasteiger partial charge in [0.15, 0.2) is 0 Å². The first-order chi connectivity index (χ1) is 13.9. The minimum absolute atomic E-state index is 0.489. The first kappa shape index (κ1) is 19.7. The van der Waals surface area contributed by atoms with Crippen molar-refractivity contribution >= 4 is 0 Å². The summed E-state index contributed by atoms with van der Waals surface area (Å²) in [6.07, 6.45) is 11.2. The molecule has 1 aliphatic carbocycles. The van der Waals surface area contributed by atoms with E-state index in [4.69, 9.17) is 0 Å². The van der Waals surface area contributed by atoms with Gasteiger partial charge in [-0.1, -0.05) is 92.8 Å². The minimum atomic E-state index is 0.489. The van der Waals surface area contributed by atoms with Crippen molar-refractivity contribution in [1.82, 2.24) is 9.80 Å². The average molecular weight is 377 g/mol. The van der Waals surface area contributed by atoms with Gasteiger partial charge in [-0.3, -0.25) is 9.80 Å². The van der Waals surface area contributed by atoms with Crippen LogP contribution in [0.15, 0.2) is 60.7 Å². The summed E-state index contributed by atoms with van der Waals surface area (Å²) >= 11 is 0. The van der Waals surface area contributed by atoms with E-state index in [0.717, 1.165) is 12.5 Å². The second-order valence-electron chi connectivity index (χ2n) is 8.69. The largest absolute Gasteiger partial charge is 0.298 e. The zero-order valence-corrected chi connectivity index (χ0v) is 17.3. The van der Waals surface area contributed by atoms with Crippen LogP contribution in [-0.4, -0.2) is 42.0 Å². The van der Waals surface area contributed by atoms with E-state index in [9.17, 15) is 0 Å². The van der Waals surface area contributed by atoms with Gasteiger partial charge in [0.2, 0.25) is 0 Å². The molecule has 2 fully saturated rings. The third-order valence-corrected chi connectivity index (χ3v) is 6.84. The molecule has 2 aromatic carbocycles. The maximum Gasteiger partial charge on any atom is 0.0389 e. The SMILES string of the molecule is c1ccc(CC(c2ccccc2)N2CCN(C3CCCCCCC3)CC2)cc1. The van der Waals surface area contributed by atoms with Crippen molar-refractivity contribution in [3.63, 3.8) is 0 Å². The fourth-order valence-electron chi connectivity index (χ4n) is 5.18. The van der Waals surface area contributed by atoms with Gasteiger partial charge < -0.3 is 0 Å². The van der Waals surface area contributed by atoms with Crippen LogP contribution in [0.3, 0.4) is 0 Å². The standard InChI is InChI=1S/C26H36N2/c1-2-10-16-25(17-11-3-1)27-18-20-28(21-19-27)26(24-14-8-5-9-15-24)22-23-12-6-4-7-13-23/h4-9,12-15,25-26H,1-3,10-11,16-22H2. The third-order valence-electron chi connectivity index (χ3n) is 6.84. The summed E-state index contributed by atoms with van der Waals surface area (Å²) in [6, 6.07) is 23.5. The molecule has 0 bridgehead atoms. The highest BCUT2D eigenvalue weighted by Gasteiger charge is 2.28. The van der Waals surface area contributed by atoms with Crippen molar-refractivity contribution in [2.75, 3.05) is 26.2 Å². The average Bonchev–Trinajstić information content (AvgIpc) is 2.74. The van der Waals surface area contributed by atoms with Gasteiger partial charge >= 0.3 is 0 Å². The van der Waals surface area contributed by atoms with Gasteiger partial charge in [0.25, 0.3) is 0 Å². The third kappa shape index (κ3) is 5.24. The Kier molecular flexibility index (Phi) is 7.18. The lowest BCUT2D eigenvalue weighted by molar-refractivity contribution is 0.0595. The number of nitrogens with zero attached hydrogens (tertiary/aromatic N) is 2. The zero-order valence-electron chi connectivity index (χ0n) is 17.3. The number of benzene rings is 2. The van der Waals surface area contributed by atoms with Crippen LogP contribution in [0.4, 0.5) is 0 Å². The van der Waals surface area contributed by atoms with Crippen LogP contribution < -0.4 is 0 Å². The fourth-order valence-corrected chi connectivity index (χ4v) is 5.18. The monoisotopic (exact) mass is 376 g/mol. The maximum atomic E-state index is 2.81. The molecule has 0 amide bonds. The van der Waals surface area contributed by atoms with Crippen molar-refractivity contribution in [2.24, 2.45) is 0 Å². The molecule has 0 radical (unpaired) electrons. The Bertz CT molecular complexity index is 668. The summed E-state index contributed by atoms with van der Waals surface area (Å²) in [5.41, 5.74) is 2.91. The van der Waals surface area contributed by atoms with Crippen LogP contribution in [-0.2, 0) is 6.42 Å². The normalized spacial score (nSPS) is 21.7. The molecular formula is C26H36N2. The van der Waals surface area contributed by atoms with Gasteiger partial charge in [-0.05, 0) is 30.4 Å². The lowest BCUT2D eigenvalue weighted by Gasteiger charge is -2.43. The molecular weight excluding hydrogens is 340 g/mol. The van der Waals surface area contributed by atoms with Crippen LogP contribution in [0.25, 0.3) is 0 Å². The Morgan fingerprint density at radius 3 is 1.89 bits per heavy atom. The predicted octanol–water partition coefficient (Wildman–Crippen LogP) is 5.70. The van der Waals surface area contributed by atoms with E-state index in [0.29, 0.717) is 6.04 Å². The molecule has 0 spiro atoms. The number of hydrogen-bond acceptors (Lipinski definition) is 2. The Morgan fingerprint density at radius 1 is 0.679 bits per heavy atom. The smallest absolute Gasteiger partial charge is 0.0389 e. The first-order valence-electron chi connectivity index (χ1n) is 11.5. The van der Waals surface area contributed by atoms with E-state index in [2.05, 4.69) is 70.5 Å². The fraction of sp³-hybridized carbons (Fsp3) is 0.538. The van der Waals surface area contributed by atoms with Gasteiger partial charge in [0.05, 0.1) is 0 Å². The van der Waals surface area contributed by atoms with Crippen LogP contribution in [0.1, 0.15) is 62.1 Å². The summed E-state index contributed by atoms with van der Waals surface area (Å²) in [7, 11) is 0. The van der Waals surface area contributed by atoms with Gasteiger partial charge in [-0.15, -0.1) is 0 Å². The zero-order chi connectivity index (χ0) is 19.0. The lowest BCUT2D eigenvalue weighted by atomic mass is 9.94. The maximum absolute atomic E-state index is 2.81. The highest BCUT2D eigenvalue weighted by atomic mass is 15.3. The molecule has 2 nitrogen and oxygen atoms in total. The molecule has 28 heavy (non-hydrogen) atoms. The van der Waals surface area contributed by atoms with Gasteiger partial charge in [-0.2, -0.15) is 0 Å². The van der Waals surface area contributed by atoms with E-state index in [1.165, 1.54) is 82.3 Å². The van der Waals surface area contributed by atoms with Crippen molar-refractivity contribution in [3.05, 3.63) is 71.8 Å². The topological polar surface area (TPSA) is 6.48 Å². The highest BCUT2D eigenvalue weighted by molar-refractivity contribution is 5.24. The number of hydrogen-bond donors (Lipinski definition) is 0. The lowest BCUT2D eigenvalue weighted by Crippen LogP contribution is -2.51. The Morgan fingerprint density at radius 2 is 1.25 bits per heavy atom. The molecule has 1 saturated heterocycles. The molecule has 1 heterocycles. The Hall–Kier alpha value is -1.64. The van der Waals surface area contributed by atoms with E-state index >= 15 is 0 Å². The number of piperazine rings is 1. The van der Waals surface area contributed by atoms with Gasteiger partial charge in [0.1, 0.15) is 0 Å². The van der Waals surface area contributed by atoms with E-state index in [1.807, 2.05) is 0 Å². The van der Waals surface area contributed by atoms with Crippen LogP contribution in [0, 0.1) is 0 Å². The molecule has 1 saturated carbocycles. The molecule has 4 rings (SSSR count). The van der Waals surface area contributed by atoms with Crippen molar-refractivity contribution in [3.8, 4) is 0 Å². The quantitative estimate of drug-likeness (QED) is 0.660. The summed E-state index contributed by atoms with van der Waals surface area (Å²) in [5.74, 6) is 0. The van der Waals surface area contributed by atoms with E-state index in [1.54, 1.807) is 0 Å². The van der Waals surface area contributed by atoms with Crippen LogP contribution in [0.2, 0.25) is 0 Å². The molecule has 2 heteroatoms. The first-order valence-corrected chi connectivity index (χ1v) is 11.5. The second-order valence-corrected chi connectivity index (χ2v) is 8.69. The van der Waals surface area contributed by atoms with Gasteiger partial charge in [0, 0.05) is 38.3 Å². The summed E-state index contributed by atoms with van der Waals surface area (Å²) in [4.78, 5) is 5.55. The molecule has 1 unspecified atom stereocenters. The molecule has 2 aromatic rings. The second kappa shape index (κ2) is 10.2.